The van der Waals surface area contributed by atoms with Crippen LogP contribution in [-0.4, -0.2) is 12.2 Å². The minimum Gasteiger partial charge on any atom is -0.506 e. The maximum absolute atomic E-state index is 9.30. The van der Waals surface area contributed by atoms with Gasteiger partial charge in [0.05, 0.1) is 17.2 Å². The van der Waals surface area contributed by atoms with E-state index in [0.29, 0.717) is 22.3 Å². The molecule has 0 aliphatic carbocycles. The Morgan fingerprint density at radius 3 is 2.22 bits per heavy atom. The summed E-state index contributed by atoms with van der Waals surface area (Å²) in [4.78, 5) is 0. The molecule has 18 heavy (non-hydrogen) atoms. The molecule has 0 heterocycles. The third kappa shape index (κ3) is 2.81. The summed E-state index contributed by atoms with van der Waals surface area (Å²) in [6.45, 7) is 0. The second kappa shape index (κ2) is 5.38. The highest BCUT2D eigenvalue weighted by Gasteiger charge is 2.06. The summed E-state index contributed by atoms with van der Waals surface area (Å²) in [5.41, 5.74) is 0. The zero-order valence-corrected chi connectivity index (χ0v) is 11.0. The third-order valence-corrected chi connectivity index (χ3v) is 2.88. The van der Waals surface area contributed by atoms with E-state index >= 15 is 0 Å². The van der Waals surface area contributed by atoms with E-state index in [1.807, 2.05) is 0 Å². The van der Waals surface area contributed by atoms with Crippen LogP contribution in [0.15, 0.2) is 36.4 Å². The lowest BCUT2D eigenvalue weighted by Crippen LogP contribution is -1.87. The number of phenols is 1. The minimum atomic E-state index is 0.00449. The monoisotopic (exact) mass is 284 g/mol. The van der Waals surface area contributed by atoms with Gasteiger partial charge in [-0.3, -0.25) is 0 Å². The van der Waals surface area contributed by atoms with Gasteiger partial charge in [-0.1, -0.05) is 23.2 Å². The molecule has 1 N–H and O–H groups in total. The van der Waals surface area contributed by atoms with Gasteiger partial charge in [0, 0.05) is 12.1 Å². The van der Waals surface area contributed by atoms with E-state index in [4.69, 9.17) is 32.7 Å². The van der Waals surface area contributed by atoms with Gasteiger partial charge < -0.3 is 14.6 Å². The fraction of sp³-hybridized carbons (Fsp3) is 0.0769. The van der Waals surface area contributed by atoms with Crippen molar-refractivity contribution in [2.75, 3.05) is 7.11 Å². The van der Waals surface area contributed by atoms with Crippen LogP contribution in [0.2, 0.25) is 10.0 Å². The molecule has 94 valence electrons. The molecule has 0 unspecified atom stereocenters. The standard InChI is InChI=1S/C13H10Cl2O3/c1-17-8-3-5-13(11(15)6-8)18-9-2-4-12(16)10(14)7-9/h2-7,16H,1H3. The fourth-order valence-corrected chi connectivity index (χ4v) is 1.75. The average Bonchev–Trinajstić information content (AvgIpc) is 2.36. The average molecular weight is 285 g/mol. The van der Waals surface area contributed by atoms with Crippen molar-refractivity contribution >= 4 is 23.2 Å². The number of hydrogen-bond acceptors (Lipinski definition) is 3. The second-order valence-electron chi connectivity index (χ2n) is 3.51. The molecule has 0 aliphatic rings. The molecule has 0 aromatic heterocycles. The summed E-state index contributed by atoms with van der Waals surface area (Å²) in [6, 6.07) is 9.65. The normalized spacial score (nSPS) is 10.2. The van der Waals surface area contributed by atoms with Gasteiger partial charge in [0.15, 0.2) is 0 Å². The Hall–Kier alpha value is -1.58. The number of benzene rings is 2. The number of hydrogen-bond donors (Lipinski definition) is 1. The van der Waals surface area contributed by atoms with Crippen LogP contribution in [0.4, 0.5) is 0 Å². The van der Waals surface area contributed by atoms with Crippen molar-refractivity contribution in [2.45, 2.75) is 0 Å². The Balaban J connectivity index is 2.25. The first-order valence-electron chi connectivity index (χ1n) is 5.10. The summed E-state index contributed by atoms with van der Waals surface area (Å²) >= 11 is 11.8. The van der Waals surface area contributed by atoms with Gasteiger partial charge in [0.25, 0.3) is 0 Å². The van der Waals surface area contributed by atoms with Crippen molar-refractivity contribution in [3.05, 3.63) is 46.4 Å². The summed E-state index contributed by atoms with van der Waals surface area (Å²) in [5.74, 6) is 1.63. The highest BCUT2D eigenvalue weighted by molar-refractivity contribution is 6.32. The number of methoxy groups -OCH3 is 1. The van der Waals surface area contributed by atoms with Gasteiger partial charge in [0.2, 0.25) is 0 Å². The predicted octanol–water partition coefficient (Wildman–Crippen LogP) is 4.50. The molecular weight excluding hydrogens is 275 g/mol. The van der Waals surface area contributed by atoms with Crippen molar-refractivity contribution in [3.8, 4) is 23.0 Å². The van der Waals surface area contributed by atoms with Crippen molar-refractivity contribution in [1.29, 1.82) is 0 Å². The summed E-state index contributed by atoms with van der Waals surface area (Å²) in [6.07, 6.45) is 0. The smallest absolute Gasteiger partial charge is 0.146 e. The molecule has 0 bridgehead atoms. The van der Waals surface area contributed by atoms with Crippen LogP contribution in [0.25, 0.3) is 0 Å². The van der Waals surface area contributed by atoms with Crippen molar-refractivity contribution < 1.29 is 14.6 Å². The molecule has 0 saturated carbocycles. The molecule has 0 spiro atoms. The Morgan fingerprint density at radius 1 is 0.944 bits per heavy atom. The van der Waals surface area contributed by atoms with E-state index in [1.54, 1.807) is 31.4 Å². The Kier molecular flexibility index (Phi) is 3.84. The number of aromatic hydroxyl groups is 1. The molecule has 0 atom stereocenters. The van der Waals surface area contributed by atoms with Gasteiger partial charge in [-0.05, 0) is 24.3 Å². The Labute approximate surface area is 114 Å². The van der Waals surface area contributed by atoms with E-state index < -0.39 is 0 Å². The number of rotatable bonds is 3. The molecule has 0 amide bonds. The van der Waals surface area contributed by atoms with Crippen LogP contribution >= 0.6 is 23.2 Å². The van der Waals surface area contributed by atoms with Gasteiger partial charge in [-0.15, -0.1) is 0 Å². The van der Waals surface area contributed by atoms with Crippen LogP contribution in [0.5, 0.6) is 23.0 Å². The maximum Gasteiger partial charge on any atom is 0.146 e. The lowest BCUT2D eigenvalue weighted by Gasteiger charge is -2.09. The second-order valence-corrected chi connectivity index (χ2v) is 4.33. The molecule has 2 aromatic rings. The first kappa shape index (κ1) is 12.9. The van der Waals surface area contributed by atoms with Gasteiger partial charge in [-0.25, -0.2) is 0 Å². The van der Waals surface area contributed by atoms with Crippen LogP contribution in [0.3, 0.4) is 0 Å². The van der Waals surface area contributed by atoms with Crippen molar-refractivity contribution in [1.82, 2.24) is 0 Å². The number of halogens is 2. The highest BCUT2D eigenvalue weighted by Crippen LogP contribution is 2.34. The van der Waals surface area contributed by atoms with Crippen LogP contribution in [-0.2, 0) is 0 Å². The lowest BCUT2D eigenvalue weighted by atomic mass is 10.3. The Morgan fingerprint density at radius 2 is 1.61 bits per heavy atom. The van der Waals surface area contributed by atoms with Gasteiger partial charge in [0.1, 0.15) is 23.0 Å². The molecule has 0 saturated heterocycles. The van der Waals surface area contributed by atoms with Crippen molar-refractivity contribution in [2.24, 2.45) is 0 Å². The number of ether oxygens (including phenoxy) is 2. The van der Waals surface area contributed by atoms with E-state index in [0.717, 1.165) is 0 Å². The van der Waals surface area contributed by atoms with E-state index in [2.05, 4.69) is 0 Å². The lowest BCUT2D eigenvalue weighted by molar-refractivity contribution is 0.413. The molecule has 2 rings (SSSR count). The quantitative estimate of drug-likeness (QED) is 0.902. The van der Waals surface area contributed by atoms with Crippen LogP contribution < -0.4 is 9.47 Å². The number of phenolic OH excluding ortho intramolecular Hbond substituents is 1. The van der Waals surface area contributed by atoms with E-state index in [1.165, 1.54) is 12.1 Å². The van der Waals surface area contributed by atoms with Gasteiger partial charge >= 0.3 is 0 Å². The maximum atomic E-state index is 9.30. The zero-order chi connectivity index (χ0) is 13.1. The molecule has 0 radical (unpaired) electrons. The van der Waals surface area contributed by atoms with Gasteiger partial charge in [-0.2, -0.15) is 0 Å². The first-order chi connectivity index (χ1) is 8.60. The van der Waals surface area contributed by atoms with E-state index in [-0.39, 0.29) is 10.8 Å². The van der Waals surface area contributed by atoms with Crippen LogP contribution in [0, 0.1) is 0 Å². The Bertz CT molecular complexity index is 570. The highest BCUT2D eigenvalue weighted by atomic mass is 35.5. The molecule has 5 heteroatoms. The molecule has 0 fully saturated rings. The molecule has 0 aliphatic heterocycles. The molecule has 2 aromatic carbocycles. The van der Waals surface area contributed by atoms with Crippen molar-refractivity contribution in [3.63, 3.8) is 0 Å². The topological polar surface area (TPSA) is 38.7 Å². The predicted molar refractivity (Wildman–Crippen MR) is 71.2 cm³/mol. The minimum absolute atomic E-state index is 0.00449. The first-order valence-corrected chi connectivity index (χ1v) is 5.85. The SMILES string of the molecule is COc1ccc(Oc2ccc(O)c(Cl)c2)c(Cl)c1. The van der Waals surface area contributed by atoms with E-state index in [9.17, 15) is 5.11 Å². The zero-order valence-electron chi connectivity index (χ0n) is 9.48. The third-order valence-electron chi connectivity index (χ3n) is 2.29. The summed E-state index contributed by atoms with van der Waals surface area (Å²) < 4.78 is 10.6. The summed E-state index contributed by atoms with van der Waals surface area (Å²) in [5, 5.41) is 9.95. The van der Waals surface area contributed by atoms with Crippen LogP contribution in [0.1, 0.15) is 0 Å². The fourth-order valence-electron chi connectivity index (χ4n) is 1.37. The molecule has 3 nitrogen and oxygen atoms in total. The molecular formula is C13H10Cl2O3. The largest absolute Gasteiger partial charge is 0.506 e. The summed E-state index contributed by atoms with van der Waals surface area (Å²) in [7, 11) is 1.56.